The van der Waals surface area contributed by atoms with Crippen molar-refractivity contribution >= 4 is 11.4 Å². The molecule has 3 aromatic carbocycles. The minimum absolute atomic E-state index is 0.130. The number of fused-ring (bicyclic) bond motifs is 1. The molecule has 0 saturated heterocycles. The second kappa shape index (κ2) is 7.12. The van der Waals surface area contributed by atoms with Gasteiger partial charge in [-0.15, -0.1) is 0 Å². The molecule has 0 spiro atoms. The fourth-order valence-corrected chi connectivity index (χ4v) is 5.59. The Morgan fingerprint density at radius 2 is 1.52 bits per heavy atom. The van der Waals surface area contributed by atoms with Gasteiger partial charge in [0.15, 0.2) is 5.66 Å². The van der Waals surface area contributed by atoms with Crippen molar-refractivity contribution in [2.75, 3.05) is 11.9 Å². The van der Waals surface area contributed by atoms with E-state index in [0.29, 0.717) is 0 Å². The van der Waals surface area contributed by atoms with E-state index in [1.165, 1.54) is 22.4 Å². The van der Waals surface area contributed by atoms with Gasteiger partial charge in [-0.05, 0) is 28.8 Å². The third kappa shape index (κ3) is 2.69. The molecular formula is C28H29N3. The Bertz CT molecular complexity index is 1130. The molecular weight excluding hydrogens is 378 g/mol. The van der Waals surface area contributed by atoms with Crippen LogP contribution < -0.4 is 4.90 Å². The summed E-state index contributed by atoms with van der Waals surface area (Å²) >= 11 is 0. The van der Waals surface area contributed by atoms with E-state index >= 15 is 0 Å². The first kappa shape index (κ1) is 19.6. The van der Waals surface area contributed by atoms with E-state index in [0.717, 1.165) is 12.1 Å². The molecule has 5 rings (SSSR count). The molecule has 2 aliphatic rings. The summed E-state index contributed by atoms with van der Waals surface area (Å²) in [4.78, 5) is 2.36. The first-order valence-electron chi connectivity index (χ1n) is 10.9. The molecule has 2 unspecified atom stereocenters. The van der Waals surface area contributed by atoms with E-state index in [4.69, 9.17) is 5.10 Å². The number of hydrogen-bond acceptors (Lipinski definition) is 3. The van der Waals surface area contributed by atoms with Crippen molar-refractivity contribution in [3.05, 3.63) is 114 Å². The maximum absolute atomic E-state index is 5.31. The summed E-state index contributed by atoms with van der Waals surface area (Å²) in [5, 5.41) is 7.62. The zero-order chi connectivity index (χ0) is 21.6. The van der Waals surface area contributed by atoms with Crippen LogP contribution in [-0.2, 0) is 5.41 Å². The van der Waals surface area contributed by atoms with Crippen LogP contribution in [0.15, 0.2) is 103 Å². The Kier molecular flexibility index (Phi) is 4.51. The standard InChI is InChI=1S/C28H29N3/c1-5-28(27(2,3)23-18-12-13-19-25(23)30(28)4)31-26(22-16-10-7-11-17-22)20-24(29-31)21-14-8-6-9-15-21/h5-19,26H,1,20H2,2-4H3. The molecule has 0 amide bonds. The van der Waals surface area contributed by atoms with Gasteiger partial charge in [-0.25, -0.2) is 0 Å². The van der Waals surface area contributed by atoms with E-state index in [1.54, 1.807) is 0 Å². The summed E-state index contributed by atoms with van der Waals surface area (Å²) in [6.07, 6.45) is 2.96. The molecule has 0 fully saturated rings. The van der Waals surface area contributed by atoms with Crippen molar-refractivity contribution in [1.82, 2.24) is 5.01 Å². The summed E-state index contributed by atoms with van der Waals surface area (Å²) in [5.74, 6) is 0. The van der Waals surface area contributed by atoms with Gasteiger partial charge in [-0.2, -0.15) is 5.10 Å². The summed E-state index contributed by atoms with van der Waals surface area (Å²) < 4.78 is 0. The van der Waals surface area contributed by atoms with Crippen molar-refractivity contribution in [2.45, 2.75) is 37.4 Å². The predicted octanol–water partition coefficient (Wildman–Crippen LogP) is 6.15. The van der Waals surface area contributed by atoms with Gasteiger partial charge in [0.2, 0.25) is 0 Å². The zero-order valence-electron chi connectivity index (χ0n) is 18.5. The van der Waals surface area contributed by atoms with Gasteiger partial charge in [0.05, 0.1) is 11.8 Å². The molecule has 0 saturated carbocycles. The first-order valence-corrected chi connectivity index (χ1v) is 10.9. The lowest BCUT2D eigenvalue weighted by molar-refractivity contribution is 0.0507. The van der Waals surface area contributed by atoms with Gasteiger partial charge >= 0.3 is 0 Å². The molecule has 156 valence electrons. The average Bonchev–Trinajstić information content (AvgIpc) is 3.32. The molecule has 0 aromatic heterocycles. The molecule has 2 heterocycles. The third-order valence-corrected chi connectivity index (χ3v) is 7.21. The Labute approximate surface area is 185 Å². The van der Waals surface area contributed by atoms with Crippen LogP contribution in [0.25, 0.3) is 0 Å². The topological polar surface area (TPSA) is 18.8 Å². The summed E-state index contributed by atoms with van der Waals surface area (Å²) in [7, 11) is 2.17. The number of hydrazone groups is 1. The second-order valence-corrected chi connectivity index (χ2v) is 9.02. The number of rotatable bonds is 4. The van der Waals surface area contributed by atoms with Gasteiger partial charge < -0.3 is 4.90 Å². The smallest absolute Gasteiger partial charge is 0.157 e. The number of likely N-dealkylation sites (N-methyl/N-ethyl adjacent to an activating group) is 1. The van der Waals surface area contributed by atoms with E-state index < -0.39 is 5.66 Å². The Morgan fingerprint density at radius 3 is 2.16 bits per heavy atom. The fourth-order valence-electron chi connectivity index (χ4n) is 5.59. The van der Waals surface area contributed by atoms with Crippen molar-refractivity contribution in [2.24, 2.45) is 5.10 Å². The van der Waals surface area contributed by atoms with Crippen LogP contribution >= 0.6 is 0 Å². The Balaban J connectivity index is 1.71. The SMILES string of the molecule is C=CC1(N2N=C(c3ccccc3)CC2c2ccccc2)N(C)c2ccccc2C1(C)C. The number of hydrogen-bond donors (Lipinski definition) is 0. The molecule has 0 N–H and O–H groups in total. The lowest BCUT2D eigenvalue weighted by atomic mass is 9.74. The molecule has 3 aromatic rings. The molecule has 0 radical (unpaired) electrons. The van der Waals surface area contributed by atoms with Gasteiger partial charge in [-0.1, -0.05) is 99.3 Å². The summed E-state index contributed by atoms with van der Waals surface area (Å²) in [5.41, 5.74) is 5.45. The Hall–Kier alpha value is -3.33. The van der Waals surface area contributed by atoms with Crippen molar-refractivity contribution in [1.29, 1.82) is 0 Å². The molecule has 3 nitrogen and oxygen atoms in total. The maximum atomic E-state index is 5.31. The van der Waals surface area contributed by atoms with Crippen LogP contribution in [0.1, 0.15) is 43.0 Å². The Morgan fingerprint density at radius 1 is 0.903 bits per heavy atom. The highest BCUT2D eigenvalue weighted by atomic mass is 15.6. The van der Waals surface area contributed by atoms with E-state index in [9.17, 15) is 0 Å². The van der Waals surface area contributed by atoms with Crippen LogP contribution in [0.5, 0.6) is 0 Å². The van der Waals surface area contributed by atoms with Crippen LogP contribution in [0.2, 0.25) is 0 Å². The normalized spacial score (nSPS) is 24.1. The van der Waals surface area contributed by atoms with Crippen LogP contribution in [-0.4, -0.2) is 23.4 Å². The summed E-state index contributed by atoms with van der Waals surface area (Å²) in [6.45, 7) is 8.99. The van der Waals surface area contributed by atoms with Gasteiger partial charge in [0.1, 0.15) is 0 Å². The number of benzene rings is 3. The highest BCUT2D eigenvalue weighted by Crippen LogP contribution is 2.56. The first-order chi connectivity index (χ1) is 15.0. The van der Waals surface area contributed by atoms with Gasteiger partial charge in [0.25, 0.3) is 0 Å². The molecule has 3 heteroatoms. The number of para-hydroxylation sites is 1. The molecule has 0 aliphatic carbocycles. The molecule has 31 heavy (non-hydrogen) atoms. The number of anilines is 1. The van der Waals surface area contributed by atoms with Gasteiger partial charge in [0, 0.05) is 24.6 Å². The van der Waals surface area contributed by atoms with Crippen LogP contribution in [0.4, 0.5) is 5.69 Å². The largest absolute Gasteiger partial charge is 0.346 e. The van der Waals surface area contributed by atoms with E-state index in [1.807, 2.05) is 0 Å². The average molecular weight is 408 g/mol. The summed E-state index contributed by atoms with van der Waals surface area (Å²) in [6, 6.07) is 30.1. The fraction of sp³-hybridized carbons (Fsp3) is 0.250. The lowest BCUT2D eigenvalue weighted by Crippen LogP contribution is -2.62. The highest BCUT2D eigenvalue weighted by molar-refractivity contribution is 6.02. The minimum atomic E-state index is -0.492. The quantitative estimate of drug-likeness (QED) is 0.483. The molecule has 0 bridgehead atoms. The number of nitrogens with zero attached hydrogens (tertiary/aromatic N) is 3. The van der Waals surface area contributed by atoms with Crippen molar-refractivity contribution < 1.29 is 0 Å². The molecule has 2 aliphatic heterocycles. The monoisotopic (exact) mass is 407 g/mol. The van der Waals surface area contributed by atoms with E-state index in [2.05, 4.69) is 128 Å². The third-order valence-electron chi connectivity index (χ3n) is 7.21. The van der Waals surface area contributed by atoms with E-state index in [-0.39, 0.29) is 11.5 Å². The maximum Gasteiger partial charge on any atom is 0.157 e. The van der Waals surface area contributed by atoms with Gasteiger partial charge in [-0.3, -0.25) is 5.01 Å². The zero-order valence-corrected chi connectivity index (χ0v) is 18.5. The van der Waals surface area contributed by atoms with Crippen molar-refractivity contribution in [3.8, 4) is 0 Å². The second-order valence-electron chi connectivity index (χ2n) is 9.02. The highest BCUT2D eigenvalue weighted by Gasteiger charge is 2.60. The van der Waals surface area contributed by atoms with Crippen LogP contribution in [0, 0.1) is 0 Å². The minimum Gasteiger partial charge on any atom is -0.346 e. The van der Waals surface area contributed by atoms with Crippen LogP contribution in [0.3, 0.4) is 0 Å². The predicted molar refractivity (Wildman–Crippen MR) is 129 cm³/mol. The molecule has 2 atom stereocenters. The van der Waals surface area contributed by atoms with Crippen molar-refractivity contribution in [3.63, 3.8) is 0 Å². The lowest BCUT2D eigenvalue weighted by Gasteiger charge is -2.51.